The predicted molar refractivity (Wildman–Crippen MR) is 169 cm³/mol. The van der Waals surface area contributed by atoms with Gasteiger partial charge < -0.3 is 29.0 Å². The first-order valence-electron chi connectivity index (χ1n) is 15.9. The van der Waals surface area contributed by atoms with Crippen molar-refractivity contribution in [3.63, 3.8) is 0 Å². The zero-order valence-corrected chi connectivity index (χ0v) is 27.4. The molecule has 13 nitrogen and oxygen atoms in total. The van der Waals surface area contributed by atoms with Gasteiger partial charge in [0.25, 0.3) is 0 Å². The van der Waals surface area contributed by atoms with Gasteiger partial charge in [0.2, 0.25) is 11.8 Å². The number of esters is 1. The SMILES string of the molecule is COC[C@H]1COc2nc(COC(C)=O)c(Cc3ccc(F)cc3)cc2N1C(=O)CN1C[C@@H](C)N(C(=O)O)C[C@@H]1CN1CCOC[C@H]1C. The molecule has 0 unspecified atom stereocenters. The molecular weight excluding hydrogens is 613 g/mol. The largest absolute Gasteiger partial charge is 0.474 e. The number of methoxy groups -OCH3 is 1. The average molecular weight is 658 g/mol. The van der Waals surface area contributed by atoms with E-state index in [0.717, 1.165) is 12.1 Å². The lowest BCUT2D eigenvalue weighted by molar-refractivity contribution is -0.142. The molecule has 0 spiro atoms. The third-order valence-electron chi connectivity index (χ3n) is 9.01. The first kappa shape index (κ1) is 34.5. The number of nitrogens with zero attached hydrogens (tertiary/aromatic N) is 5. The van der Waals surface area contributed by atoms with E-state index >= 15 is 0 Å². The number of amides is 2. The van der Waals surface area contributed by atoms with E-state index in [9.17, 15) is 23.9 Å². The highest BCUT2D eigenvalue weighted by Gasteiger charge is 2.40. The van der Waals surface area contributed by atoms with E-state index in [1.165, 1.54) is 24.0 Å². The van der Waals surface area contributed by atoms with Gasteiger partial charge in [-0.3, -0.25) is 24.3 Å². The fourth-order valence-electron chi connectivity index (χ4n) is 6.51. The van der Waals surface area contributed by atoms with Crippen LogP contribution in [-0.4, -0.2) is 133 Å². The first-order chi connectivity index (χ1) is 22.5. The molecule has 2 aromatic rings. The topological polar surface area (TPSA) is 134 Å². The van der Waals surface area contributed by atoms with Gasteiger partial charge in [0, 0.05) is 58.3 Å². The van der Waals surface area contributed by atoms with Crippen molar-refractivity contribution < 1.29 is 42.8 Å². The lowest BCUT2D eigenvalue weighted by Crippen LogP contribution is -2.64. The molecule has 1 aromatic heterocycles. The molecule has 0 bridgehead atoms. The Morgan fingerprint density at radius 1 is 1.06 bits per heavy atom. The number of hydrogen-bond acceptors (Lipinski definition) is 10. The monoisotopic (exact) mass is 657 g/mol. The lowest BCUT2D eigenvalue weighted by atomic mass is 10.0. The van der Waals surface area contributed by atoms with Crippen molar-refractivity contribution in [3.8, 4) is 5.88 Å². The van der Waals surface area contributed by atoms with Crippen molar-refractivity contribution >= 4 is 23.7 Å². The van der Waals surface area contributed by atoms with Crippen molar-refractivity contribution in [3.05, 3.63) is 53.0 Å². The van der Waals surface area contributed by atoms with Crippen LogP contribution < -0.4 is 9.64 Å². The number of rotatable bonds is 10. The Labute approximate surface area is 274 Å². The predicted octanol–water partition coefficient (Wildman–Crippen LogP) is 2.39. The fourth-order valence-corrected chi connectivity index (χ4v) is 6.51. The molecule has 3 aliphatic rings. The molecule has 0 radical (unpaired) electrons. The summed E-state index contributed by atoms with van der Waals surface area (Å²) in [5.41, 5.74) is 2.44. The van der Waals surface area contributed by atoms with Crippen LogP contribution in [-0.2, 0) is 36.8 Å². The van der Waals surface area contributed by atoms with E-state index in [1.807, 2.05) is 13.0 Å². The van der Waals surface area contributed by atoms with Crippen LogP contribution in [0.1, 0.15) is 37.6 Å². The molecule has 256 valence electrons. The maximum absolute atomic E-state index is 14.4. The number of pyridine rings is 1. The average Bonchev–Trinajstić information content (AvgIpc) is 3.03. The molecule has 1 aromatic carbocycles. The molecule has 3 aliphatic heterocycles. The number of morpholine rings is 1. The molecule has 0 saturated carbocycles. The summed E-state index contributed by atoms with van der Waals surface area (Å²) in [4.78, 5) is 50.4. The van der Waals surface area contributed by atoms with E-state index in [-0.39, 0.29) is 68.6 Å². The van der Waals surface area contributed by atoms with Gasteiger partial charge in [0.15, 0.2) is 0 Å². The Bertz CT molecular complexity index is 1430. The number of fused-ring (bicyclic) bond motifs is 1. The maximum atomic E-state index is 14.4. The Balaban J connectivity index is 1.46. The molecule has 2 fully saturated rings. The van der Waals surface area contributed by atoms with Gasteiger partial charge in [-0.15, -0.1) is 0 Å². The van der Waals surface area contributed by atoms with E-state index in [0.29, 0.717) is 49.7 Å². The highest BCUT2D eigenvalue weighted by Crippen LogP contribution is 2.36. The van der Waals surface area contributed by atoms with Gasteiger partial charge in [-0.1, -0.05) is 12.1 Å². The number of hydrogen-bond donors (Lipinski definition) is 1. The summed E-state index contributed by atoms with van der Waals surface area (Å²) in [5, 5.41) is 9.91. The number of aromatic nitrogens is 1. The van der Waals surface area contributed by atoms with E-state index in [1.54, 1.807) is 24.1 Å². The molecule has 14 heteroatoms. The molecule has 2 saturated heterocycles. The highest BCUT2D eigenvalue weighted by molar-refractivity contribution is 5.97. The van der Waals surface area contributed by atoms with Crippen LogP contribution in [0.4, 0.5) is 14.9 Å². The highest BCUT2D eigenvalue weighted by atomic mass is 19.1. The normalized spacial score (nSPS) is 23.6. The Morgan fingerprint density at radius 3 is 2.51 bits per heavy atom. The van der Waals surface area contributed by atoms with E-state index < -0.39 is 18.1 Å². The number of ether oxygens (including phenoxy) is 4. The van der Waals surface area contributed by atoms with Gasteiger partial charge >= 0.3 is 12.1 Å². The van der Waals surface area contributed by atoms with E-state index in [4.69, 9.17) is 23.9 Å². The van der Waals surface area contributed by atoms with E-state index in [2.05, 4.69) is 16.7 Å². The second kappa shape index (κ2) is 15.4. The number of piperazine rings is 1. The summed E-state index contributed by atoms with van der Waals surface area (Å²) in [6, 6.07) is 7.11. The molecule has 5 rings (SSSR count). The second-order valence-electron chi connectivity index (χ2n) is 12.5. The number of carbonyl (C=O) groups is 3. The molecular formula is C33H44FN5O8. The van der Waals surface area contributed by atoms with Gasteiger partial charge in [-0.2, -0.15) is 0 Å². The smallest absolute Gasteiger partial charge is 0.407 e. The van der Waals surface area contributed by atoms with Gasteiger partial charge in [-0.05, 0) is 49.6 Å². The van der Waals surface area contributed by atoms with Crippen molar-refractivity contribution in [1.82, 2.24) is 19.7 Å². The summed E-state index contributed by atoms with van der Waals surface area (Å²) in [7, 11) is 1.56. The summed E-state index contributed by atoms with van der Waals surface area (Å²) in [5.74, 6) is -0.786. The number of carbonyl (C=O) groups excluding carboxylic acids is 2. The van der Waals surface area contributed by atoms with Crippen LogP contribution in [0.25, 0.3) is 0 Å². The minimum absolute atomic E-state index is 0.0450. The van der Waals surface area contributed by atoms with Crippen molar-refractivity contribution in [2.45, 2.75) is 58.0 Å². The minimum Gasteiger partial charge on any atom is -0.474 e. The van der Waals surface area contributed by atoms with Gasteiger partial charge in [0.05, 0.1) is 38.1 Å². The fraction of sp³-hybridized carbons (Fsp3) is 0.576. The van der Waals surface area contributed by atoms with Crippen LogP contribution in [0.5, 0.6) is 5.88 Å². The van der Waals surface area contributed by atoms with Crippen molar-refractivity contribution in [2.75, 3.05) is 71.2 Å². The van der Waals surface area contributed by atoms with Crippen LogP contribution >= 0.6 is 0 Å². The number of anilines is 1. The third-order valence-corrected chi connectivity index (χ3v) is 9.01. The van der Waals surface area contributed by atoms with Crippen LogP contribution in [0.3, 0.4) is 0 Å². The van der Waals surface area contributed by atoms with Crippen molar-refractivity contribution in [2.24, 2.45) is 0 Å². The number of benzene rings is 1. The molecule has 47 heavy (non-hydrogen) atoms. The molecule has 4 heterocycles. The molecule has 1 N–H and O–H groups in total. The van der Waals surface area contributed by atoms with Gasteiger partial charge in [-0.25, -0.2) is 14.2 Å². The summed E-state index contributed by atoms with van der Waals surface area (Å²) in [6.45, 7) is 8.75. The van der Waals surface area contributed by atoms with Crippen molar-refractivity contribution in [1.29, 1.82) is 0 Å². The zero-order valence-electron chi connectivity index (χ0n) is 27.4. The van der Waals surface area contributed by atoms with Crippen LogP contribution in [0, 0.1) is 5.82 Å². The Morgan fingerprint density at radius 2 is 1.83 bits per heavy atom. The quantitative estimate of drug-likeness (QED) is 0.378. The summed E-state index contributed by atoms with van der Waals surface area (Å²) in [6.07, 6.45) is -0.627. The molecule has 0 aliphatic carbocycles. The zero-order chi connectivity index (χ0) is 33.7. The lowest BCUT2D eigenvalue weighted by Gasteiger charge is -2.47. The van der Waals surface area contributed by atoms with Crippen LogP contribution in [0.15, 0.2) is 30.3 Å². The minimum atomic E-state index is -0.977. The summed E-state index contributed by atoms with van der Waals surface area (Å²) >= 11 is 0. The van der Waals surface area contributed by atoms with Gasteiger partial charge in [0.1, 0.15) is 24.7 Å². The maximum Gasteiger partial charge on any atom is 0.407 e. The first-order valence-corrected chi connectivity index (χ1v) is 15.9. The number of halogens is 1. The molecule has 2 amide bonds. The second-order valence-corrected chi connectivity index (χ2v) is 12.5. The van der Waals surface area contributed by atoms with Crippen LogP contribution in [0.2, 0.25) is 0 Å². The molecule has 4 atom stereocenters. The summed E-state index contributed by atoms with van der Waals surface area (Å²) < 4.78 is 36.1. The number of carboxylic acid groups (broad SMARTS) is 1. The standard InChI is InChI=1S/C33H44FN5O8/c1-21-13-37(27(15-38(21)33(42)43)14-36-9-10-45-17-22(36)2)16-31(41)39-28(18-44-4)19-47-32-30(39)12-25(29(35-32)20-46-23(3)40)11-24-5-7-26(34)8-6-24/h5-8,12,21-22,27-28H,9-11,13-20H2,1-4H3,(H,42,43)/t21-,22-,27+,28+/m1/s1. The Hall–Kier alpha value is -3.85. The third kappa shape index (κ3) is 8.36. The Kier molecular flexibility index (Phi) is 11.3.